The number of rotatable bonds is 5. The highest BCUT2D eigenvalue weighted by Gasteiger charge is 2.32. The first-order valence-electron chi connectivity index (χ1n) is 8.33. The molecule has 7 nitrogen and oxygen atoms in total. The Morgan fingerprint density at radius 3 is 2.42 bits per heavy atom. The van der Waals surface area contributed by atoms with Crippen LogP contribution in [-0.2, 0) is 21.4 Å². The molecule has 0 aliphatic carbocycles. The van der Waals surface area contributed by atoms with E-state index in [-0.39, 0.29) is 24.0 Å². The van der Waals surface area contributed by atoms with Gasteiger partial charge in [0, 0.05) is 25.2 Å². The molecule has 8 heteroatoms. The lowest BCUT2D eigenvalue weighted by Gasteiger charge is -2.27. The lowest BCUT2D eigenvalue weighted by atomic mass is 10.2. The number of hydrogen-bond acceptors (Lipinski definition) is 6. The Hall–Kier alpha value is -2.29. The van der Waals surface area contributed by atoms with E-state index in [1.165, 1.54) is 10.4 Å². The minimum Gasteiger partial charge on any atom is -0.487 e. The maximum Gasteiger partial charge on any atom is 0.247 e. The van der Waals surface area contributed by atoms with Crippen molar-refractivity contribution in [2.75, 3.05) is 33.1 Å². The Balaban J connectivity index is 1.68. The molecule has 0 radical (unpaired) electrons. The highest BCUT2D eigenvalue weighted by Crippen LogP contribution is 2.41. The van der Waals surface area contributed by atoms with Crippen LogP contribution in [0.2, 0.25) is 0 Å². The van der Waals surface area contributed by atoms with Crippen LogP contribution >= 0.6 is 0 Å². The smallest absolute Gasteiger partial charge is 0.247 e. The molecule has 2 aliphatic rings. The third kappa shape index (κ3) is 3.35. The van der Waals surface area contributed by atoms with Crippen LogP contribution in [-0.4, -0.2) is 45.8 Å². The van der Waals surface area contributed by atoms with Crippen LogP contribution in [0.1, 0.15) is 5.56 Å². The van der Waals surface area contributed by atoms with E-state index in [1.54, 1.807) is 6.07 Å². The number of sulfonamides is 1. The van der Waals surface area contributed by atoms with Gasteiger partial charge in [-0.3, -0.25) is 0 Å². The molecular formula is C18H19NO6S. The molecule has 0 unspecified atom stereocenters. The van der Waals surface area contributed by atoms with Crippen molar-refractivity contribution in [2.24, 2.45) is 0 Å². The average Bonchev–Trinajstić information content (AvgIpc) is 3.14. The van der Waals surface area contributed by atoms with Crippen molar-refractivity contribution in [3.8, 4) is 17.2 Å². The summed E-state index contributed by atoms with van der Waals surface area (Å²) in [5, 5.41) is 0. The second kappa shape index (κ2) is 7.14. The van der Waals surface area contributed by atoms with Gasteiger partial charge in [0.2, 0.25) is 16.8 Å². The second-order valence-corrected chi connectivity index (χ2v) is 7.85. The molecule has 4 rings (SSSR count). The van der Waals surface area contributed by atoms with Crippen LogP contribution in [0.3, 0.4) is 0 Å². The van der Waals surface area contributed by atoms with Crippen LogP contribution in [0.4, 0.5) is 0 Å². The molecular weight excluding hydrogens is 358 g/mol. The Bertz CT molecular complexity index is 878. The van der Waals surface area contributed by atoms with Crippen molar-refractivity contribution in [2.45, 2.75) is 11.5 Å². The molecule has 0 bridgehead atoms. The molecule has 0 atom stereocenters. The number of fused-ring (bicyclic) bond motifs is 1. The molecule has 1 fully saturated rings. The molecule has 0 spiro atoms. The Kier molecular flexibility index (Phi) is 4.71. The van der Waals surface area contributed by atoms with Crippen molar-refractivity contribution in [3.05, 3.63) is 48.0 Å². The summed E-state index contributed by atoms with van der Waals surface area (Å²) < 4.78 is 49.5. The maximum atomic E-state index is 13.1. The van der Waals surface area contributed by atoms with Gasteiger partial charge in [-0.15, -0.1) is 0 Å². The van der Waals surface area contributed by atoms with Crippen molar-refractivity contribution >= 4 is 10.0 Å². The lowest BCUT2D eigenvalue weighted by Crippen LogP contribution is -2.40. The molecule has 0 N–H and O–H groups in total. The van der Waals surface area contributed by atoms with E-state index in [2.05, 4.69) is 0 Å². The molecule has 138 valence electrons. The quantitative estimate of drug-likeness (QED) is 0.794. The van der Waals surface area contributed by atoms with E-state index in [0.717, 1.165) is 5.56 Å². The zero-order valence-electron chi connectivity index (χ0n) is 14.1. The van der Waals surface area contributed by atoms with E-state index in [4.69, 9.17) is 18.9 Å². The summed E-state index contributed by atoms with van der Waals surface area (Å²) in [4.78, 5) is 0.0829. The van der Waals surface area contributed by atoms with Gasteiger partial charge in [-0.05, 0) is 5.56 Å². The van der Waals surface area contributed by atoms with E-state index in [0.29, 0.717) is 37.8 Å². The summed E-state index contributed by atoms with van der Waals surface area (Å²) in [5.74, 6) is 1.14. The minimum absolute atomic E-state index is 0.0640. The van der Waals surface area contributed by atoms with Gasteiger partial charge in [-0.25, -0.2) is 8.42 Å². The maximum absolute atomic E-state index is 13.1. The fourth-order valence-corrected chi connectivity index (χ4v) is 4.42. The summed E-state index contributed by atoms with van der Waals surface area (Å²) >= 11 is 0. The average molecular weight is 377 g/mol. The van der Waals surface area contributed by atoms with E-state index < -0.39 is 10.0 Å². The SMILES string of the molecule is O=S(=O)(c1cc2c(cc1OCc1ccccc1)OCO2)N1CCOCC1. The number of benzene rings is 2. The second-order valence-electron chi connectivity index (χ2n) is 5.94. The van der Waals surface area contributed by atoms with Crippen molar-refractivity contribution in [1.29, 1.82) is 0 Å². The number of morpholine rings is 1. The summed E-state index contributed by atoms with van der Waals surface area (Å²) in [6.45, 7) is 1.71. The zero-order chi connectivity index (χ0) is 18.0. The number of nitrogens with zero attached hydrogens (tertiary/aromatic N) is 1. The van der Waals surface area contributed by atoms with E-state index >= 15 is 0 Å². The van der Waals surface area contributed by atoms with Gasteiger partial charge in [0.05, 0.1) is 13.2 Å². The van der Waals surface area contributed by atoms with Gasteiger partial charge < -0.3 is 18.9 Å². The Labute approximate surface area is 152 Å². The fourth-order valence-electron chi connectivity index (χ4n) is 2.88. The fraction of sp³-hybridized carbons (Fsp3) is 0.333. The van der Waals surface area contributed by atoms with Crippen LogP contribution in [0.15, 0.2) is 47.4 Å². The number of ether oxygens (including phenoxy) is 4. The lowest BCUT2D eigenvalue weighted by molar-refractivity contribution is 0.0729. The first-order chi connectivity index (χ1) is 12.6. The molecule has 2 aliphatic heterocycles. The predicted octanol–water partition coefficient (Wildman–Crippen LogP) is 2.02. The molecule has 2 heterocycles. The topological polar surface area (TPSA) is 74.3 Å². The first kappa shape index (κ1) is 17.1. The van der Waals surface area contributed by atoms with Gasteiger partial charge in [0.15, 0.2) is 11.5 Å². The minimum atomic E-state index is -3.73. The van der Waals surface area contributed by atoms with Crippen LogP contribution < -0.4 is 14.2 Å². The van der Waals surface area contributed by atoms with Crippen LogP contribution in [0.25, 0.3) is 0 Å². The standard InChI is InChI=1S/C18H19NO6S/c20-26(21,19-6-8-22-9-7-19)18-11-16-15(24-13-25-16)10-17(18)23-12-14-4-2-1-3-5-14/h1-5,10-11H,6-9,12-13H2. The Morgan fingerprint density at radius 2 is 1.69 bits per heavy atom. The van der Waals surface area contributed by atoms with Gasteiger partial charge in [0.25, 0.3) is 0 Å². The molecule has 0 saturated carbocycles. The summed E-state index contributed by atoms with van der Waals surface area (Å²) in [7, 11) is -3.73. The van der Waals surface area contributed by atoms with Crippen molar-refractivity contribution in [3.63, 3.8) is 0 Å². The third-order valence-electron chi connectivity index (χ3n) is 4.26. The van der Waals surface area contributed by atoms with Crippen LogP contribution in [0.5, 0.6) is 17.2 Å². The van der Waals surface area contributed by atoms with Gasteiger partial charge in [-0.2, -0.15) is 4.31 Å². The third-order valence-corrected chi connectivity index (χ3v) is 6.18. The molecule has 2 aromatic rings. The molecule has 0 amide bonds. The van der Waals surface area contributed by atoms with E-state index in [1.807, 2.05) is 30.3 Å². The summed E-state index contributed by atoms with van der Waals surface area (Å²) in [5.41, 5.74) is 0.944. The monoisotopic (exact) mass is 377 g/mol. The summed E-state index contributed by atoms with van der Waals surface area (Å²) in [6.07, 6.45) is 0. The predicted molar refractivity (Wildman–Crippen MR) is 92.9 cm³/mol. The van der Waals surface area contributed by atoms with Crippen molar-refractivity contribution < 1.29 is 27.4 Å². The summed E-state index contributed by atoms with van der Waals surface area (Å²) in [6, 6.07) is 12.6. The van der Waals surface area contributed by atoms with Crippen molar-refractivity contribution in [1.82, 2.24) is 4.31 Å². The molecule has 1 saturated heterocycles. The van der Waals surface area contributed by atoms with Gasteiger partial charge in [-0.1, -0.05) is 30.3 Å². The molecule has 0 aromatic heterocycles. The Morgan fingerprint density at radius 1 is 1.00 bits per heavy atom. The zero-order valence-corrected chi connectivity index (χ0v) is 14.9. The normalized spacial score (nSPS) is 17.2. The van der Waals surface area contributed by atoms with E-state index in [9.17, 15) is 8.42 Å². The van der Waals surface area contributed by atoms with Gasteiger partial charge in [0.1, 0.15) is 17.3 Å². The first-order valence-corrected chi connectivity index (χ1v) is 9.77. The largest absolute Gasteiger partial charge is 0.487 e. The van der Waals surface area contributed by atoms with Crippen LogP contribution in [0, 0.1) is 0 Å². The number of hydrogen-bond donors (Lipinski definition) is 0. The van der Waals surface area contributed by atoms with Gasteiger partial charge >= 0.3 is 0 Å². The molecule has 26 heavy (non-hydrogen) atoms. The highest BCUT2D eigenvalue weighted by molar-refractivity contribution is 7.89. The highest BCUT2D eigenvalue weighted by atomic mass is 32.2. The molecule has 2 aromatic carbocycles.